The molecule has 1 aromatic carbocycles. The van der Waals surface area contributed by atoms with Crippen LogP contribution in [0.1, 0.15) is 39.2 Å². The summed E-state index contributed by atoms with van der Waals surface area (Å²) in [5, 5.41) is 3.41. The predicted octanol–water partition coefficient (Wildman–Crippen LogP) is 4.23. The Morgan fingerprint density at radius 1 is 1.14 bits per heavy atom. The first-order valence-electron chi connectivity index (χ1n) is 5.64. The Morgan fingerprint density at radius 3 is 2.36 bits per heavy atom. The van der Waals surface area contributed by atoms with Crippen molar-refractivity contribution in [2.24, 2.45) is 0 Å². The molecule has 0 bridgehead atoms. The van der Waals surface area contributed by atoms with Gasteiger partial charge in [-0.25, -0.2) is 0 Å². The van der Waals surface area contributed by atoms with Crippen molar-refractivity contribution in [3.05, 3.63) is 29.8 Å². The summed E-state index contributed by atoms with van der Waals surface area (Å²) in [6, 6.07) is 8.40. The van der Waals surface area contributed by atoms with E-state index < -0.39 is 0 Å². The van der Waals surface area contributed by atoms with Crippen molar-refractivity contribution < 1.29 is 0 Å². The van der Waals surface area contributed by atoms with Crippen LogP contribution in [0.25, 0.3) is 0 Å². The van der Waals surface area contributed by atoms with Crippen LogP contribution in [-0.4, -0.2) is 6.54 Å². The van der Waals surface area contributed by atoms with Gasteiger partial charge in [0.15, 0.2) is 0 Å². The molecular weight excluding hydrogens is 170 g/mol. The smallest absolute Gasteiger partial charge is 0.0369 e. The van der Waals surface area contributed by atoms with Gasteiger partial charge >= 0.3 is 0 Å². The molecule has 14 heavy (non-hydrogen) atoms. The summed E-state index contributed by atoms with van der Waals surface area (Å²) in [7, 11) is 0. The number of benzene rings is 1. The number of para-hydroxylation sites is 1. The SMILES string of the molecule is CC.CCCCNc1ccccc1C. The van der Waals surface area contributed by atoms with Gasteiger partial charge in [0, 0.05) is 12.2 Å². The number of hydrogen-bond acceptors (Lipinski definition) is 1. The van der Waals surface area contributed by atoms with Crippen LogP contribution < -0.4 is 5.32 Å². The molecule has 0 aliphatic heterocycles. The maximum Gasteiger partial charge on any atom is 0.0369 e. The molecule has 0 unspecified atom stereocenters. The minimum Gasteiger partial charge on any atom is -0.385 e. The minimum absolute atomic E-state index is 1.08. The molecule has 0 aliphatic rings. The molecule has 0 aromatic heterocycles. The number of nitrogens with one attached hydrogen (secondary N) is 1. The van der Waals surface area contributed by atoms with Crippen LogP contribution in [0.4, 0.5) is 5.69 Å². The molecule has 0 atom stereocenters. The van der Waals surface area contributed by atoms with E-state index in [0.29, 0.717) is 0 Å². The lowest BCUT2D eigenvalue weighted by atomic mass is 10.2. The Hall–Kier alpha value is -0.980. The Balaban J connectivity index is 0.000000791. The van der Waals surface area contributed by atoms with Crippen LogP contribution in [-0.2, 0) is 0 Å². The minimum atomic E-state index is 1.08. The molecule has 1 aromatic rings. The molecule has 0 fully saturated rings. The third-order valence-electron chi connectivity index (χ3n) is 1.99. The van der Waals surface area contributed by atoms with Gasteiger partial charge in [-0.1, -0.05) is 45.4 Å². The zero-order valence-electron chi connectivity index (χ0n) is 9.93. The summed E-state index contributed by atoms with van der Waals surface area (Å²) in [5.74, 6) is 0. The number of unbranched alkanes of at least 4 members (excludes halogenated alkanes) is 1. The quantitative estimate of drug-likeness (QED) is 0.705. The summed E-state index contributed by atoms with van der Waals surface area (Å²) in [6.07, 6.45) is 2.49. The van der Waals surface area contributed by atoms with E-state index in [-0.39, 0.29) is 0 Å². The van der Waals surface area contributed by atoms with Crippen LogP contribution >= 0.6 is 0 Å². The van der Waals surface area contributed by atoms with Crippen molar-refractivity contribution in [3.8, 4) is 0 Å². The molecule has 0 heterocycles. The molecular formula is C13H23N. The molecule has 0 aliphatic carbocycles. The van der Waals surface area contributed by atoms with Gasteiger partial charge in [0.25, 0.3) is 0 Å². The van der Waals surface area contributed by atoms with Crippen molar-refractivity contribution in [1.82, 2.24) is 0 Å². The highest BCUT2D eigenvalue weighted by molar-refractivity contribution is 5.49. The largest absolute Gasteiger partial charge is 0.385 e. The van der Waals surface area contributed by atoms with E-state index in [4.69, 9.17) is 0 Å². The van der Waals surface area contributed by atoms with E-state index >= 15 is 0 Å². The molecule has 1 N–H and O–H groups in total. The average Bonchev–Trinajstić information content (AvgIpc) is 2.24. The van der Waals surface area contributed by atoms with Crippen LogP contribution in [0.2, 0.25) is 0 Å². The summed E-state index contributed by atoms with van der Waals surface area (Å²) in [5.41, 5.74) is 2.60. The lowest BCUT2D eigenvalue weighted by Gasteiger charge is -2.07. The maximum atomic E-state index is 3.41. The molecule has 80 valence electrons. The number of anilines is 1. The monoisotopic (exact) mass is 193 g/mol. The standard InChI is InChI=1S/C11H17N.C2H6/c1-3-4-9-12-11-8-6-5-7-10(11)2;1-2/h5-8,12H,3-4,9H2,1-2H3;1-2H3. The highest BCUT2D eigenvalue weighted by Gasteiger charge is 1.93. The first-order valence-corrected chi connectivity index (χ1v) is 5.64. The van der Waals surface area contributed by atoms with Crippen LogP contribution in [0.5, 0.6) is 0 Å². The Morgan fingerprint density at radius 2 is 1.79 bits per heavy atom. The third kappa shape index (κ3) is 4.90. The Bertz CT molecular complexity index is 230. The van der Waals surface area contributed by atoms with Crippen molar-refractivity contribution >= 4 is 5.69 Å². The number of aryl methyl sites for hydroxylation is 1. The molecule has 1 heteroatoms. The molecule has 1 rings (SSSR count). The molecule has 0 radical (unpaired) electrons. The zero-order valence-corrected chi connectivity index (χ0v) is 9.93. The lowest BCUT2D eigenvalue weighted by Crippen LogP contribution is -2.01. The van der Waals surface area contributed by atoms with Crippen LogP contribution in [0, 0.1) is 6.92 Å². The molecule has 0 amide bonds. The van der Waals surface area contributed by atoms with Gasteiger partial charge in [0.1, 0.15) is 0 Å². The topological polar surface area (TPSA) is 12.0 Å². The van der Waals surface area contributed by atoms with Gasteiger partial charge < -0.3 is 5.32 Å². The van der Waals surface area contributed by atoms with E-state index in [9.17, 15) is 0 Å². The van der Waals surface area contributed by atoms with E-state index in [2.05, 4.69) is 43.4 Å². The number of rotatable bonds is 4. The van der Waals surface area contributed by atoms with E-state index in [0.717, 1.165) is 6.54 Å². The second-order valence-electron chi connectivity index (χ2n) is 3.10. The predicted molar refractivity (Wildman–Crippen MR) is 65.9 cm³/mol. The van der Waals surface area contributed by atoms with E-state index in [1.54, 1.807) is 0 Å². The van der Waals surface area contributed by atoms with E-state index in [1.807, 2.05) is 13.8 Å². The van der Waals surface area contributed by atoms with Crippen LogP contribution in [0.15, 0.2) is 24.3 Å². The van der Waals surface area contributed by atoms with E-state index in [1.165, 1.54) is 24.1 Å². The van der Waals surface area contributed by atoms with Gasteiger partial charge in [-0.15, -0.1) is 0 Å². The summed E-state index contributed by atoms with van der Waals surface area (Å²) in [4.78, 5) is 0. The highest BCUT2D eigenvalue weighted by Crippen LogP contribution is 2.12. The fourth-order valence-electron chi connectivity index (χ4n) is 1.17. The van der Waals surface area contributed by atoms with Crippen LogP contribution in [0.3, 0.4) is 0 Å². The first-order chi connectivity index (χ1) is 6.84. The fourth-order valence-corrected chi connectivity index (χ4v) is 1.17. The maximum absolute atomic E-state index is 3.41. The van der Waals surface area contributed by atoms with Crippen molar-refractivity contribution in [2.45, 2.75) is 40.5 Å². The first kappa shape index (κ1) is 13.0. The lowest BCUT2D eigenvalue weighted by molar-refractivity contribution is 0.833. The van der Waals surface area contributed by atoms with Crippen molar-refractivity contribution in [1.29, 1.82) is 0 Å². The Labute approximate surface area is 88.5 Å². The highest BCUT2D eigenvalue weighted by atomic mass is 14.9. The molecule has 0 saturated heterocycles. The van der Waals surface area contributed by atoms with Crippen molar-refractivity contribution in [2.75, 3.05) is 11.9 Å². The summed E-state index contributed by atoms with van der Waals surface area (Å²) in [6.45, 7) is 9.43. The Kier molecular flexibility index (Phi) is 8.01. The second kappa shape index (κ2) is 8.61. The summed E-state index contributed by atoms with van der Waals surface area (Å²) >= 11 is 0. The van der Waals surface area contributed by atoms with Gasteiger partial charge in [-0.2, -0.15) is 0 Å². The van der Waals surface area contributed by atoms with Crippen molar-refractivity contribution in [3.63, 3.8) is 0 Å². The number of hydrogen-bond donors (Lipinski definition) is 1. The fraction of sp³-hybridized carbons (Fsp3) is 0.538. The van der Waals surface area contributed by atoms with Gasteiger partial charge in [0.05, 0.1) is 0 Å². The molecule has 0 spiro atoms. The van der Waals surface area contributed by atoms with Gasteiger partial charge in [-0.05, 0) is 25.0 Å². The normalized spacial score (nSPS) is 8.86. The zero-order chi connectivity index (χ0) is 10.8. The van der Waals surface area contributed by atoms with Gasteiger partial charge in [-0.3, -0.25) is 0 Å². The summed E-state index contributed by atoms with van der Waals surface area (Å²) < 4.78 is 0. The third-order valence-corrected chi connectivity index (χ3v) is 1.99. The molecule has 1 nitrogen and oxygen atoms in total. The van der Waals surface area contributed by atoms with Gasteiger partial charge in [0.2, 0.25) is 0 Å². The average molecular weight is 193 g/mol. The molecule has 0 saturated carbocycles. The second-order valence-corrected chi connectivity index (χ2v) is 3.10.